The first-order valence-electron chi connectivity index (χ1n) is 18.6. The second kappa shape index (κ2) is 21.6. The van der Waals surface area contributed by atoms with Crippen LogP contribution in [0.2, 0.25) is 0 Å². The van der Waals surface area contributed by atoms with Gasteiger partial charge in [0.15, 0.2) is 45.0 Å². The maximum Gasteiger partial charge on any atom is 0.460 e. The predicted octanol–water partition coefficient (Wildman–Crippen LogP) is 17.2. The van der Waals surface area contributed by atoms with Gasteiger partial charge in [0, 0.05) is 0 Å². The maximum absolute atomic E-state index is 15.8. The molecule has 0 N–H and O–H groups in total. The van der Waals surface area contributed by atoms with Crippen molar-refractivity contribution in [2.24, 2.45) is 0 Å². The minimum absolute atomic E-state index is 4.60. The molecule has 87 heavy (non-hydrogen) atoms. The Kier molecular flexibility index (Phi) is 19.3. The Balaban J connectivity index is 0.00000131. The van der Waals surface area contributed by atoms with Gasteiger partial charge >= 0.3 is 78.9 Å². The molecule has 0 spiro atoms. The summed E-state index contributed by atoms with van der Waals surface area (Å²) in [7, 11) is -14.1. The van der Waals surface area contributed by atoms with E-state index >= 15 is 52.7 Å². The molecular weight excluding hydrogens is 1430 g/mol. The predicted molar refractivity (Wildman–Crippen MR) is 171 cm³/mol. The monoisotopic (exact) mass is 1430 g/mol. The van der Waals surface area contributed by atoms with Crippen LogP contribution in [0.3, 0.4) is 0 Å². The molecule has 0 aliphatic heterocycles. The van der Waals surface area contributed by atoms with E-state index in [0.29, 0.717) is 0 Å². The highest BCUT2D eigenvalue weighted by molar-refractivity contribution is 7.97. The van der Waals surface area contributed by atoms with Crippen molar-refractivity contribution in [3.05, 3.63) is 86.5 Å². The van der Waals surface area contributed by atoms with Crippen molar-refractivity contribution in [3.8, 4) is 0 Å². The standard InChI is InChI=1S/C30F39S.C4HF9O3S/c31-4-1(19(22(43,44)45,23(46,47)48)24(49,50)51)5(32)11(38)16(10(4)37)70(17-12(39)6(33)2(7(34)13(17)40)20(25(52,53)54,26(55,56)57)27(58,59)60)18-14(41)8(35)3(9(36)15(18)42)21(28(61,62)63,29(64,65)66)30(67,68)69;5-1(6,3(9,10)11)2(7,8)4(12,13)17(14,15)16/h;(H,14,15,16)/q+1;/p-1. The van der Waals surface area contributed by atoms with Crippen LogP contribution >= 0.6 is 0 Å². The van der Waals surface area contributed by atoms with E-state index in [2.05, 4.69) is 0 Å². The van der Waals surface area contributed by atoms with E-state index in [0.717, 1.165) is 0 Å². The van der Waals surface area contributed by atoms with Crippen molar-refractivity contribution in [3.63, 3.8) is 0 Å². The Morgan fingerprint density at radius 2 is 0.368 bits per heavy atom. The van der Waals surface area contributed by atoms with Crippen LogP contribution in [0.25, 0.3) is 0 Å². The van der Waals surface area contributed by atoms with E-state index in [1.165, 1.54) is 0 Å². The molecule has 0 unspecified atom stereocenters. The van der Waals surface area contributed by atoms with Gasteiger partial charge in [-0.05, 0) is 0 Å². The first kappa shape index (κ1) is 77.7. The number of benzene rings is 3. The van der Waals surface area contributed by atoms with Gasteiger partial charge in [-0.15, -0.1) is 0 Å². The van der Waals surface area contributed by atoms with Crippen LogP contribution in [-0.2, 0) is 37.3 Å². The Labute approximate surface area is 441 Å². The van der Waals surface area contributed by atoms with E-state index in [1.54, 1.807) is 0 Å². The van der Waals surface area contributed by atoms with Crippen molar-refractivity contribution < 1.29 is 224 Å². The molecule has 0 bridgehead atoms. The van der Waals surface area contributed by atoms with Crippen LogP contribution in [0, 0.1) is 69.8 Å². The van der Waals surface area contributed by atoms with Gasteiger partial charge in [-0.2, -0.15) is 184 Å². The summed E-state index contributed by atoms with van der Waals surface area (Å²) in [4.78, 5) is -13.8. The van der Waals surface area contributed by atoms with Crippen molar-refractivity contribution in [2.45, 2.75) is 110 Å². The molecule has 3 nitrogen and oxygen atoms in total. The van der Waals surface area contributed by atoms with Gasteiger partial charge < -0.3 is 4.55 Å². The normalized spacial score (nSPS) is 15.1. The Morgan fingerprint density at radius 3 is 0.471 bits per heavy atom. The van der Waals surface area contributed by atoms with Crippen molar-refractivity contribution in [1.29, 1.82) is 0 Å². The molecule has 0 saturated heterocycles. The SMILES string of the molecule is Fc1c(F)c(C(C(F)(F)F)(C(F)(F)F)C(F)(F)F)c(F)c(F)c1[S+](c1c(F)c(F)c(C(C(F)(F)F)(C(F)(F)F)C(F)(F)F)c(F)c1F)c1c(F)c(F)c(C(C(F)(F)F)(C(F)(F)F)C(F)(F)F)c(F)c1F.O=S(=O)([O-])C(F)(F)C(F)(F)C(F)(F)C(F)(F)F. The van der Waals surface area contributed by atoms with Crippen LogP contribution in [0.5, 0.6) is 0 Å². The first-order valence-corrected chi connectivity index (χ1v) is 21.3. The van der Waals surface area contributed by atoms with E-state index in [4.69, 9.17) is 0 Å². The molecule has 0 heterocycles. The van der Waals surface area contributed by atoms with Crippen LogP contribution < -0.4 is 0 Å². The van der Waals surface area contributed by atoms with Crippen molar-refractivity contribution in [1.82, 2.24) is 0 Å². The highest BCUT2D eigenvalue weighted by Gasteiger charge is 2.90. The van der Waals surface area contributed by atoms with E-state index in [9.17, 15) is 171 Å². The molecule has 3 aromatic rings. The molecule has 0 aliphatic rings. The highest BCUT2D eigenvalue weighted by atomic mass is 32.2. The average Bonchev–Trinajstić information content (AvgIpc) is 3.08. The lowest BCUT2D eigenvalue weighted by Gasteiger charge is -2.39. The van der Waals surface area contributed by atoms with Gasteiger partial charge in [-0.1, -0.05) is 0 Å². The Bertz CT molecular complexity index is 2770. The lowest BCUT2D eigenvalue weighted by atomic mass is 9.77. The molecule has 3 aromatic carbocycles. The first-order chi connectivity index (χ1) is 37.5. The second-order valence-electron chi connectivity index (χ2n) is 15.5. The molecule has 0 amide bonds. The minimum atomic E-state index is -8.57. The van der Waals surface area contributed by atoms with Gasteiger partial charge in [-0.3, -0.25) is 0 Å². The Hall–Kier alpha value is -5.44. The van der Waals surface area contributed by atoms with Crippen LogP contribution in [0.4, 0.5) is 211 Å². The summed E-state index contributed by atoms with van der Waals surface area (Å²) in [5.74, 6) is -76.4. The number of alkyl halides is 36. The summed E-state index contributed by atoms with van der Waals surface area (Å²) in [5, 5.41) is -7.11. The fourth-order valence-corrected chi connectivity index (χ4v) is 9.57. The fourth-order valence-electron chi connectivity index (χ4n) is 6.91. The summed E-state index contributed by atoms with van der Waals surface area (Å²) >= 11 is 0. The highest BCUT2D eigenvalue weighted by Crippen LogP contribution is 2.66. The molecule has 3 rings (SSSR count). The van der Waals surface area contributed by atoms with Gasteiger partial charge in [0.25, 0.3) is 16.2 Å². The van der Waals surface area contributed by atoms with E-state index in [-0.39, 0.29) is 0 Å². The average molecular weight is 1430 g/mol. The molecule has 0 fully saturated rings. The fraction of sp³-hybridized carbons (Fsp3) is 0.471. The molecule has 502 valence electrons. The molecular formula is C34F48O3S2. The third-order valence-electron chi connectivity index (χ3n) is 10.7. The third-order valence-corrected chi connectivity index (χ3v) is 13.8. The summed E-state index contributed by atoms with van der Waals surface area (Å²) < 4.78 is 694. The minimum Gasteiger partial charge on any atom is -0.743 e. The number of rotatable bonds is 9. The van der Waals surface area contributed by atoms with Crippen molar-refractivity contribution in [2.75, 3.05) is 0 Å². The zero-order valence-corrected chi connectivity index (χ0v) is 38.8. The summed E-state index contributed by atoms with van der Waals surface area (Å²) in [6.45, 7) is 0. The van der Waals surface area contributed by atoms with Crippen LogP contribution in [0.15, 0.2) is 14.7 Å². The third kappa shape index (κ3) is 10.9. The molecule has 0 saturated carbocycles. The number of hydrogen-bond acceptors (Lipinski definition) is 3. The second-order valence-corrected chi connectivity index (χ2v) is 18.8. The smallest absolute Gasteiger partial charge is 0.460 e. The molecule has 0 radical (unpaired) electrons. The van der Waals surface area contributed by atoms with Gasteiger partial charge in [0.05, 0.1) is 16.7 Å². The number of hydrogen-bond donors (Lipinski definition) is 0. The topological polar surface area (TPSA) is 57.2 Å². The van der Waals surface area contributed by atoms with E-state index in [1.807, 2.05) is 0 Å². The maximum atomic E-state index is 15.8. The summed E-state index contributed by atoms with van der Waals surface area (Å²) in [6.07, 6.45) is -84.3. The quantitative estimate of drug-likeness (QED) is 0.0928. The zero-order valence-electron chi connectivity index (χ0n) is 37.2. The zero-order chi connectivity index (χ0) is 70.5. The molecule has 53 heteroatoms. The number of halogens is 48. The van der Waals surface area contributed by atoms with Crippen LogP contribution in [0.1, 0.15) is 16.7 Å². The molecule has 0 aromatic heterocycles. The lowest BCUT2D eigenvalue weighted by Crippen LogP contribution is -2.64. The Morgan fingerprint density at radius 1 is 0.230 bits per heavy atom. The lowest BCUT2D eigenvalue weighted by molar-refractivity contribution is -0.390. The van der Waals surface area contributed by atoms with Gasteiger partial charge in [0.2, 0.25) is 49.6 Å². The largest absolute Gasteiger partial charge is 0.743 e. The van der Waals surface area contributed by atoms with Gasteiger partial charge in [-0.25, -0.2) is 34.8 Å². The molecule has 0 atom stereocenters. The van der Waals surface area contributed by atoms with Crippen molar-refractivity contribution >= 4 is 21.0 Å². The van der Waals surface area contributed by atoms with Gasteiger partial charge in [0.1, 0.15) is 10.9 Å². The van der Waals surface area contributed by atoms with E-state index < -0.39 is 217 Å². The summed E-state index contributed by atoms with van der Waals surface area (Å²) in [6, 6.07) is 0. The molecule has 0 aliphatic carbocycles. The van der Waals surface area contributed by atoms with Crippen LogP contribution in [-0.4, -0.2) is 91.8 Å². The summed E-state index contributed by atoms with van der Waals surface area (Å²) in [5.41, 5.74) is -41.5.